The fraction of sp³-hybridized carbons (Fsp3) is 0.333. The molecule has 2 aromatic rings. The van der Waals surface area contributed by atoms with Crippen LogP contribution in [0.3, 0.4) is 0 Å². The first-order valence-corrected chi connectivity index (χ1v) is 9.16. The van der Waals surface area contributed by atoms with E-state index in [9.17, 15) is 9.59 Å². The lowest BCUT2D eigenvalue weighted by Crippen LogP contribution is -2.30. The molecule has 1 heterocycles. The largest absolute Gasteiger partial charge is 0.370 e. The van der Waals surface area contributed by atoms with E-state index in [1.807, 2.05) is 36.4 Å². The van der Waals surface area contributed by atoms with Crippen LogP contribution in [-0.4, -0.2) is 24.9 Å². The number of nitrogens with zero attached hydrogens (tertiary/aromatic N) is 1. The SMILES string of the molecule is NC(=O)c1ccc(N2CCCCC2)c(NC(=O)CCc2ccccc2)c1. The van der Waals surface area contributed by atoms with Crippen LogP contribution in [0, 0.1) is 0 Å². The first-order chi connectivity index (χ1) is 12.6. The van der Waals surface area contributed by atoms with Crippen molar-refractivity contribution in [2.75, 3.05) is 23.3 Å². The lowest BCUT2D eigenvalue weighted by atomic mass is 10.1. The Kier molecular flexibility index (Phi) is 5.89. The van der Waals surface area contributed by atoms with E-state index in [0.29, 0.717) is 24.1 Å². The fourth-order valence-corrected chi connectivity index (χ4v) is 3.32. The third-order valence-corrected chi connectivity index (χ3v) is 4.74. The summed E-state index contributed by atoms with van der Waals surface area (Å²) in [7, 11) is 0. The van der Waals surface area contributed by atoms with E-state index in [4.69, 9.17) is 5.73 Å². The third kappa shape index (κ3) is 4.63. The Balaban J connectivity index is 1.74. The number of rotatable bonds is 6. The van der Waals surface area contributed by atoms with Gasteiger partial charge in [-0.1, -0.05) is 30.3 Å². The number of anilines is 2. The topological polar surface area (TPSA) is 75.4 Å². The van der Waals surface area contributed by atoms with Crippen LogP contribution in [0.5, 0.6) is 0 Å². The van der Waals surface area contributed by atoms with Gasteiger partial charge in [0.25, 0.3) is 0 Å². The molecule has 0 spiro atoms. The molecule has 5 nitrogen and oxygen atoms in total. The van der Waals surface area contributed by atoms with E-state index in [0.717, 1.165) is 37.2 Å². The van der Waals surface area contributed by atoms with Gasteiger partial charge < -0.3 is 16.0 Å². The molecule has 0 saturated carbocycles. The van der Waals surface area contributed by atoms with Crippen LogP contribution >= 0.6 is 0 Å². The molecule has 1 saturated heterocycles. The van der Waals surface area contributed by atoms with Crippen molar-refractivity contribution in [3.63, 3.8) is 0 Å². The number of carbonyl (C=O) groups is 2. The van der Waals surface area contributed by atoms with Crippen molar-refractivity contribution in [2.24, 2.45) is 5.73 Å². The summed E-state index contributed by atoms with van der Waals surface area (Å²) in [5, 5.41) is 2.98. The normalized spacial score (nSPS) is 14.1. The average molecular weight is 351 g/mol. The molecule has 0 aromatic heterocycles. The van der Waals surface area contributed by atoms with Gasteiger partial charge in [-0.2, -0.15) is 0 Å². The lowest BCUT2D eigenvalue weighted by molar-refractivity contribution is -0.116. The van der Waals surface area contributed by atoms with Crippen molar-refractivity contribution < 1.29 is 9.59 Å². The zero-order chi connectivity index (χ0) is 18.4. The molecule has 5 heteroatoms. The molecule has 1 aliphatic heterocycles. The number of hydrogen-bond donors (Lipinski definition) is 2. The molecule has 136 valence electrons. The predicted octanol–water partition coefficient (Wildman–Crippen LogP) is 3.35. The molecule has 26 heavy (non-hydrogen) atoms. The van der Waals surface area contributed by atoms with Crippen LogP contribution in [0.15, 0.2) is 48.5 Å². The Morgan fingerprint density at radius 1 is 1.00 bits per heavy atom. The summed E-state index contributed by atoms with van der Waals surface area (Å²) < 4.78 is 0. The summed E-state index contributed by atoms with van der Waals surface area (Å²) in [4.78, 5) is 26.3. The van der Waals surface area contributed by atoms with Crippen molar-refractivity contribution in [2.45, 2.75) is 32.1 Å². The quantitative estimate of drug-likeness (QED) is 0.838. The highest BCUT2D eigenvalue weighted by Crippen LogP contribution is 2.30. The molecule has 3 N–H and O–H groups in total. The number of nitrogens with two attached hydrogens (primary N) is 1. The Morgan fingerprint density at radius 2 is 1.73 bits per heavy atom. The van der Waals surface area contributed by atoms with Crippen molar-refractivity contribution >= 4 is 23.2 Å². The van der Waals surface area contributed by atoms with Gasteiger partial charge in [-0.25, -0.2) is 0 Å². The van der Waals surface area contributed by atoms with E-state index in [1.54, 1.807) is 12.1 Å². The van der Waals surface area contributed by atoms with E-state index in [2.05, 4.69) is 10.2 Å². The molecule has 2 aromatic carbocycles. The second kappa shape index (κ2) is 8.52. The molecule has 0 bridgehead atoms. The average Bonchev–Trinajstić information content (AvgIpc) is 2.68. The monoisotopic (exact) mass is 351 g/mol. The fourth-order valence-electron chi connectivity index (χ4n) is 3.32. The van der Waals surface area contributed by atoms with Crippen LogP contribution in [0.25, 0.3) is 0 Å². The summed E-state index contributed by atoms with van der Waals surface area (Å²) in [6.45, 7) is 1.92. The zero-order valence-corrected chi connectivity index (χ0v) is 14.9. The molecule has 0 radical (unpaired) electrons. The zero-order valence-electron chi connectivity index (χ0n) is 14.9. The molecular weight excluding hydrogens is 326 g/mol. The van der Waals surface area contributed by atoms with Gasteiger partial charge in [-0.05, 0) is 49.4 Å². The number of benzene rings is 2. The van der Waals surface area contributed by atoms with Gasteiger partial charge in [0.2, 0.25) is 11.8 Å². The van der Waals surface area contributed by atoms with Crippen molar-refractivity contribution in [1.29, 1.82) is 0 Å². The number of carbonyl (C=O) groups excluding carboxylic acids is 2. The first kappa shape index (κ1) is 18.0. The van der Waals surface area contributed by atoms with Crippen molar-refractivity contribution in [3.05, 3.63) is 59.7 Å². The van der Waals surface area contributed by atoms with Crippen LogP contribution in [0.2, 0.25) is 0 Å². The summed E-state index contributed by atoms with van der Waals surface area (Å²) >= 11 is 0. The van der Waals surface area contributed by atoms with Gasteiger partial charge in [0.15, 0.2) is 0 Å². The number of piperidine rings is 1. The molecule has 1 aliphatic rings. The molecule has 3 rings (SSSR count). The minimum Gasteiger partial charge on any atom is -0.370 e. The van der Waals surface area contributed by atoms with Crippen LogP contribution < -0.4 is 16.0 Å². The Labute approximate surface area is 154 Å². The maximum Gasteiger partial charge on any atom is 0.248 e. The minimum atomic E-state index is -0.491. The van der Waals surface area contributed by atoms with Gasteiger partial charge in [-0.15, -0.1) is 0 Å². The van der Waals surface area contributed by atoms with Crippen LogP contribution in [0.4, 0.5) is 11.4 Å². The Morgan fingerprint density at radius 3 is 2.42 bits per heavy atom. The van der Waals surface area contributed by atoms with E-state index in [-0.39, 0.29) is 5.91 Å². The highest BCUT2D eigenvalue weighted by molar-refractivity contribution is 5.99. The number of primary amides is 1. The molecule has 0 unspecified atom stereocenters. The van der Waals surface area contributed by atoms with Gasteiger partial charge >= 0.3 is 0 Å². The molecular formula is C21H25N3O2. The first-order valence-electron chi connectivity index (χ1n) is 9.16. The Hall–Kier alpha value is -2.82. The van der Waals surface area contributed by atoms with E-state index < -0.39 is 5.91 Å². The smallest absolute Gasteiger partial charge is 0.248 e. The molecule has 0 aliphatic carbocycles. The van der Waals surface area contributed by atoms with Crippen LogP contribution in [-0.2, 0) is 11.2 Å². The van der Waals surface area contributed by atoms with Gasteiger partial charge in [0.1, 0.15) is 0 Å². The number of nitrogens with one attached hydrogen (secondary N) is 1. The number of aryl methyl sites for hydroxylation is 1. The summed E-state index contributed by atoms with van der Waals surface area (Å²) in [5.41, 5.74) is 8.58. The summed E-state index contributed by atoms with van der Waals surface area (Å²) in [6, 6.07) is 15.2. The second-order valence-electron chi connectivity index (χ2n) is 6.68. The van der Waals surface area contributed by atoms with Gasteiger partial charge in [0.05, 0.1) is 11.4 Å². The van der Waals surface area contributed by atoms with E-state index >= 15 is 0 Å². The maximum atomic E-state index is 12.5. The molecule has 0 atom stereocenters. The highest BCUT2D eigenvalue weighted by atomic mass is 16.2. The van der Waals surface area contributed by atoms with Gasteiger partial charge in [0, 0.05) is 25.1 Å². The third-order valence-electron chi connectivity index (χ3n) is 4.74. The van der Waals surface area contributed by atoms with Gasteiger partial charge in [-0.3, -0.25) is 9.59 Å². The van der Waals surface area contributed by atoms with Crippen LogP contribution in [0.1, 0.15) is 41.6 Å². The molecule has 2 amide bonds. The second-order valence-corrected chi connectivity index (χ2v) is 6.68. The number of amides is 2. The number of hydrogen-bond acceptors (Lipinski definition) is 3. The Bertz CT molecular complexity index is 768. The van der Waals surface area contributed by atoms with E-state index in [1.165, 1.54) is 6.42 Å². The van der Waals surface area contributed by atoms with Crippen molar-refractivity contribution in [3.8, 4) is 0 Å². The minimum absolute atomic E-state index is 0.0614. The summed E-state index contributed by atoms with van der Waals surface area (Å²) in [5.74, 6) is -0.552. The lowest BCUT2D eigenvalue weighted by Gasteiger charge is -2.30. The highest BCUT2D eigenvalue weighted by Gasteiger charge is 2.17. The summed E-state index contributed by atoms with van der Waals surface area (Å²) in [6.07, 6.45) is 4.58. The standard InChI is InChI=1S/C21H25N3O2/c22-21(26)17-10-11-19(24-13-5-2-6-14-24)18(15-17)23-20(25)12-9-16-7-3-1-4-8-16/h1,3-4,7-8,10-11,15H,2,5-6,9,12-14H2,(H2,22,26)(H,23,25). The maximum absolute atomic E-state index is 12.5. The van der Waals surface area contributed by atoms with Crippen molar-refractivity contribution in [1.82, 2.24) is 0 Å². The molecule has 1 fully saturated rings. The predicted molar refractivity (Wildman–Crippen MR) is 104 cm³/mol.